The monoisotopic (exact) mass is 293 g/mol. The van der Waals surface area contributed by atoms with E-state index >= 15 is 0 Å². The molecule has 2 N–H and O–H groups in total. The molecule has 6 heteroatoms. The molecule has 0 aromatic rings. The van der Waals surface area contributed by atoms with Gasteiger partial charge in [0.1, 0.15) is 6.04 Å². The highest BCUT2D eigenvalue weighted by atomic mass is 16.2. The van der Waals surface area contributed by atoms with Gasteiger partial charge in [0, 0.05) is 12.6 Å². The number of amides is 4. The molecule has 0 bridgehead atoms. The van der Waals surface area contributed by atoms with Gasteiger partial charge in [-0.05, 0) is 31.6 Å². The molecule has 0 spiro atoms. The van der Waals surface area contributed by atoms with E-state index in [-0.39, 0.29) is 18.2 Å². The van der Waals surface area contributed by atoms with Crippen LogP contribution in [0.3, 0.4) is 0 Å². The van der Waals surface area contributed by atoms with Crippen molar-refractivity contribution in [1.29, 1.82) is 0 Å². The minimum absolute atomic E-state index is 0.00502. The zero-order valence-electron chi connectivity index (χ0n) is 12.3. The fourth-order valence-corrected chi connectivity index (χ4v) is 3.38. The van der Waals surface area contributed by atoms with Crippen LogP contribution in [0, 0.1) is 5.92 Å². The first kappa shape index (κ1) is 14.4. The number of nitrogens with zero attached hydrogens (tertiary/aromatic N) is 1. The van der Waals surface area contributed by atoms with E-state index in [0.717, 1.165) is 19.4 Å². The van der Waals surface area contributed by atoms with Crippen molar-refractivity contribution in [3.05, 3.63) is 0 Å². The first-order valence-corrected chi connectivity index (χ1v) is 8.04. The van der Waals surface area contributed by atoms with Crippen LogP contribution in [0.2, 0.25) is 0 Å². The van der Waals surface area contributed by atoms with Crippen LogP contribution in [0.5, 0.6) is 0 Å². The molecule has 0 unspecified atom stereocenters. The topological polar surface area (TPSA) is 78.5 Å². The predicted molar refractivity (Wildman–Crippen MR) is 76.4 cm³/mol. The van der Waals surface area contributed by atoms with Gasteiger partial charge in [-0.1, -0.05) is 19.3 Å². The lowest BCUT2D eigenvalue weighted by Crippen LogP contribution is -2.42. The van der Waals surface area contributed by atoms with Crippen LogP contribution in [-0.2, 0) is 9.59 Å². The van der Waals surface area contributed by atoms with Crippen molar-refractivity contribution in [3.63, 3.8) is 0 Å². The molecule has 3 rings (SSSR count). The van der Waals surface area contributed by atoms with Crippen LogP contribution >= 0.6 is 0 Å². The highest BCUT2D eigenvalue weighted by Gasteiger charge is 2.38. The van der Waals surface area contributed by atoms with E-state index in [1.165, 1.54) is 32.1 Å². The van der Waals surface area contributed by atoms with E-state index < -0.39 is 12.1 Å². The number of nitrogens with one attached hydrogen (secondary N) is 2. The van der Waals surface area contributed by atoms with E-state index in [9.17, 15) is 14.4 Å². The first-order valence-electron chi connectivity index (χ1n) is 8.04. The molecule has 1 heterocycles. The quantitative estimate of drug-likeness (QED) is 0.747. The van der Waals surface area contributed by atoms with Crippen molar-refractivity contribution < 1.29 is 14.4 Å². The average Bonchev–Trinajstić information content (AvgIpc) is 3.24. The fourth-order valence-electron chi connectivity index (χ4n) is 3.38. The normalized spacial score (nSPS) is 26.4. The van der Waals surface area contributed by atoms with Crippen LogP contribution in [0.4, 0.5) is 4.79 Å². The third-order valence-corrected chi connectivity index (χ3v) is 4.72. The summed E-state index contributed by atoms with van der Waals surface area (Å²) in [5, 5.41) is 4.68. The maximum atomic E-state index is 12.5. The summed E-state index contributed by atoms with van der Waals surface area (Å²) in [6.07, 6.45) is 8.47. The van der Waals surface area contributed by atoms with Gasteiger partial charge in [0.25, 0.3) is 5.91 Å². The maximum absolute atomic E-state index is 12.5. The molecule has 6 nitrogen and oxygen atoms in total. The van der Waals surface area contributed by atoms with Crippen LogP contribution in [0.25, 0.3) is 0 Å². The highest BCUT2D eigenvalue weighted by Crippen LogP contribution is 2.32. The lowest BCUT2D eigenvalue weighted by Gasteiger charge is -2.30. The van der Waals surface area contributed by atoms with Crippen molar-refractivity contribution >= 4 is 17.8 Å². The minimum atomic E-state index is -0.697. The third-order valence-electron chi connectivity index (χ3n) is 4.72. The Morgan fingerprint density at radius 3 is 2.38 bits per heavy atom. The van der Waals surface area contributed by atoms with E-state index in [2.05, 4.69) is 10.6 Å². The van der Waals surface area contributed by atoms with Crippen molar-refractivity contribution in [2.24, 2.45) is 5.92 Å². The molecule has 0 aromatic heterocycles. The molecule has 3 aliphatic rings. The Bertz CT molecular complexity index is 441. The van der Waals surface area contributed by atoms with E-state index in [1.54, 1.807) is 0 Å². The molecular formula is C15H23N3O3. The van der Waals surface area contributed by atoms with Crippen molar-refractivity contribution in [3.8, 4) is 0 Å². The van der Waals surface area contributed by atoms with Crippen LogP contribution in [-0.4, -0.2) is 41.4 Å². The Labute approximate surface area is 124 Å². The first-order chi connectivity index (χ1) is 10.1. The number of carbonyl (C=O) groups excluding carboxylic acids is 3. The van der Waals surface area contributed by atoms with Crippen LogP contribution in [0.15, 0.2) is 0 Å². The SMILES string of the molecule is O=C1NC(=O)[C@@H](CC(=O)N(CC2CCCCC2)C2CC2)N1. The highest BCUT2D eigenvalue weighted by molar-refractivity contribution is 6.05. The molecule has 1 aliphatic heterocycles. The largest absolute Gasteiger partial charge is 0.339 e. The van der Waals surface area contributed by atoms with Crippen molar-refractivity contribution in [2.75, 3.05) is 6.54 Å². The molecule has 3 fully saturated rings. The third kappa shape index (κ3) is 3.54. The lowest BCUT2D eigenvalue weighted by molar-refractivity contribution is -0.135. The zero-order valence-corrected chi connectivity index (χ0v) is 12.3. The van der Waals surface area contributed by atoms with Crippen molar-refractivity contribution in [1.82, 2.24) is 15.5 Å². The fraction of sp³-hybridized carbons (Fsp3) is 0.800. The van der Waals surface area contributed by atoms with Crippen LogP contribution < -0.4 is 10.6 Å². The summed E-state index contributed by atoms with van der Waals surface area (Å²) in [5.41, 5.74) is 0. The Morgan fingerprint density at radius 1 is 1.10 bits per heavy atom. The second kappa shape index (κ2) is 6.03. The number of rotatable bonds is 5. The van der Waals surface area contributed by atoms with Gasteiger partial charge in [-0.25, -0.2) is 4.79 Å². The molecule has 116 valence electrons. The van der Waals surface area contributed by atoms with Crippen molar-refractivity contribution in [2.45, 2.75) is 63.5 Å². The zero-order chi connectivity index (χ0) is 14.8. The van der Waals surface area contributed by atoms with Gasteiger partial charge < -0.3 is 10.2 Å². The molecule has 1 saturated heterocycles. The number of carbonyl (C=O) groups is 3. The number of hydrogen-bond donors (Lipinski definition) is 2. The second-order valence-electron chi connectivity index (χ2n) is 6.50. The van der Waals surface area contributed by atoms with Gasteiger partial charge in [-0.2, -0.15) is 0 Å². The van der Waals surface area contributed by atoms with Gasteiger partial charge in [0.2, 0.25) is 5.91 Å². The summed E-state index contributed by atoms with van der Waals surface area (Å²) in [4.78, 5) is 37.1. The summed E-state index contributed by atoms with van der Waals surface area (Å²) in [6, 6.07) is -0.833. The summed E-state index contributed by atoms with van der Waals surface area (Å²) in [6.45, 7) is 0.825. The van der Waals surface area contributed by atoms with Gasteiger partial charge in [-0.3, -0.25) is 14.9 Å². The molecule has 2 saturated carbocycles. The summed E-state index contributed by atoms with van der Waals surface area (Å²) in [7, 11) is 0. The van der Waals surface area contributed by atoms with Gasteiger partial charge >= 0.3 is 6.03 Å². The predicted octanol–water partition coefficient (Wildman–Crippen LogP) is 1.16. The number of imide groups is 1. The minimum Gasteiger partial charge on any atom is -0.339 e. The van der Waals surface area contributed by atoms with Gasteiger partial charge in [0.05, 0.1) is 6.42 Å². The Balaban J connectivity index is 1.56. The Morgan fingerprint density at radius 2 is 1.81 bits per heavy atom. The van der Waals surface area contributed by atoms with E-state index in [1.807, 2.05) is 4.90 Å². The Hall–Kier alpha value is -1.59. The van der Waals surface area contributed by atoms with Gasteiger partial charge in [-0.15, -0.1) is 0 Å². The van der Waals surface area contributed by atoms with Crippen LogP contribution in [0.1, 0.15) is 51.4 Å². The summed E-state index contributed by atoms with van der Waals surface area (Å²) in [5.74, 6) is 0.225. The standard InChI is InChI=1S/C15H23N3O3/c19-13(8-12-14(20)17-15(21)16-12)18(11-6-7-11)9-10-4-2-1-3-5-10/h10-12H,1-9H2,(H2,16,17,20,21)/t12-/m1/s1. The molecule has 0 radical (unpaired) electrons. The second-order valence-corrected chi connectivity index (χ2v) is 6.50. The maximum Gasteiger partial charge on any atom is 0.322 e. The van der Waals surface area contributed by atoms with E-state index in [0.29, 0.717) is 12.0 Å². The number of hydrogen-bond acceptors (Lipinski definition) is 3. The lowest BCUT2D eigenvalue weighted by atomic mass is 9.89. The molecule has 21 heavy (non-hydrogen) atoms. The average molecular weight is 293 g/mol. The molecular weight excluding hydrogens is 270 g/mol. The van der Waals surface area contributed by atoms with E-state index in [4.69, 9.17) is 0 Å². The number of urea groups is 1. The molecule has 0 aromatic carbocycles. The molecule has 2 aliphatic carbocycles. The molecule has 1 atom stereocenters. The Kier molecular flexibility index (Phi) is 4.12. The van der Waals surface area contributed by atoms with Gasteiger partial charge in [0.15, 0.2) is 0 Å². The summed E-state index contributed by atoms with van der Waals surface area (Å²) >= 11 is 0. The summed E-state index contributed by atoms with van der Waals surface area (Å²) < 4.78 is 0. The molecule has 4 amide bonds. The smallest absolute Gasteiger partial charge is 0.322 e.